The van der Waals surface area contributed by atoms with E-state index < -0.39 is 22.0 Å². The van der Waals surface area contributed by atoms with Crippen LogP contribution in [0.25, 0.3) is 0 Å². The molecule has 1 aromatic rings. The number of hydrogen-bond acceptors (Lipinski definition) is 5. The summed E-state index contributed by atoms with van der Waals surface area (Å²) in [6.45, 7) is 1.22. The summed E-state index contributed by atoms with van der Waals surface area (Å²) in [5, 5.41) is 9.65. The van der Waals surface area contributed by atoms with E-state index >= 15 is 0 Å². The molecule has 2 fully saturated rings. The number of carbonyl (C=O) groups is 2. The third-order valence-electron chi connectivity index (χ3n) is 4.80. The molecule has 2 saturated heterocycles. The quantitative estimate of drug-likeness (QED) is 0.751. The average Bonchev–Trinajstić information content (AvgIpc) is 2.98. The topological polar surface area (TPSA) is 104 Å². The first-order valence-electron chi connectivity index (χ1n) is 8.48. The number of anilines is 1. The molecule has 1 aromatic carbocycles. The molecule has 7 nitrogen and oxygen atoms in total. The minimum absolute atomic E-state index is 0.0543. The summed E-state index contributed by atoms with van der Waals surface area (Å²) in [5.41, 5.74) is 0.763. The maximum Gasteiger partial charge on any atom is 0.490 e. The van der Waals surface area contributed by atoms with Crippen molar-refractivity contribution in [1.29, 1.82) is 0 Å². The van der Waals surface area contributed by atoms with Crippen LogP contribution in [0.5, 0.6) is 0 Å². The highest BCUT2D eigenvalue weighted by Crippen LogP contribution is 2.36. The number of fused-ring (bicyclic) bond motifs is 1. The fourth-order valence-electron chi connectivity index (χ4n) is 3.50. The lowest BCUT2D eigenvalue weighted by Crippen LogP contribution is -2.45. The van der Waals surface area contributed by atoms with E-state index in [0.29, 0.717) is 19.5 Å². The lowest BCUT2D eigenvalue weighted by Gasteiger charge is -2.31. The number of carboxylic acids is 1. The summed E-state index contributed by atoms with van der Waals surface area (Å²) in [4.78, 5) is 23.4. The molecule has 0 aromatic heterocycles. The third-order valence-corrected chi connectivity index (χ3v) is 7.03. The molecular formula is C17H21F3N2O5S. The van der Waals surface area contributed by atoms with Gasteiger partial charge in [0.15, 0.2) is 9.84 Å². The van der Waals surface area contributed by atoms with Crippen LogP contribution >= 0.6 is 0 Å². The number of sulfone groups is 1. The number of amides is 1. The van der Waals surface area contributed by atoms with E-state index in [1.165, 1.54) is 0 Å². The van der Waals surface area contributed by atoms with E-state index in [2.05, 4.69) is 5.32 Å². The molecule has 2 aliphatic heterocycles. The predicted molar refractivity (Wildman–Crippen MR) is 95.4 cm³/mol. The minimum Gasteiger partial charge on any atom is -0.475 e. The normalized spacial score (nSPS) is 26.5. The minimum atomic E-state index is -5.08. The van der Waals surface area contributed by atoms with Crippen LogP contribution in [0.15, 0.2) is 30.3 Å². The third kappa shape index (κ3) is 5.44. The number of alkyl halides is 3. The molecule has 0 bridgehead atoms. The van der Waals surface area contributed by atoms with Gasteiger partial charge in [0, 0.05) is 30.6 Å². The molecule has 0 radical (unpaired) electrons. The number of likely N-dealkylation sites (tertiary alicyclic amines) is 1. The van der Waals surface area contributed by atoms with Crippen LogP contribution in [0.3, 0.4) is 0 Å². The van der Waals surface area contributed by atoms with E-state index in [1.807, 2.05) is 42.3 Å². The molecular weight excluding hydrogens is 401 g/mol. The van der Waals surface area contributed by atoms with Crippen molar-refractivity contribution in [2.45, 2.75) is 17.8 Å². The summed E-state index contributed by atoms with van der Waals surface area (Å²) in [7, 11) is -1.14. The number of aliphatic carboxylic acids is 1. The van der Waals surface area contributed by atoms with Crippen molar-refractivity contribution in [1.82, 2.24) is 4.90 Å². The van der Waals surface area contributed by atoms with E-state index in [4.69, 9.17) is 9.90 Å². The zero-order valence-corrected chi connectivity index (χ0v) is 15.8. The van der Waals surface area contributed by atoms with Crippen LogP contribution in [0.1, 0.15) is 6.42 Å². The maximum atomic E-state index is 12.5. The number of rotatable bonds is 2. The molecule has 0 unspecified atom stereocenters. The van der Waals surface area contributed by atoms with Gasteiger partial charge in [-0.25, -0.2) is 13.2 Å². The van der Waals surface area contributed by atoms with Crippen LogP contribution in [0.2, 0.25) is 0 Å². The second kappa shape index (κ2) is 8.48. The summed E-state index contributed by atoms with van der Waals surface area (Å²) >= 11 is 0. The van der Waals surface area contributed by atoms with Gasteiger partial charge in [-0.3, -0.25) is 4.79 Å². The highest BCUT2D eigenvalue weighted by molar-refractivity contribution is 7.92. The SMILES string of the molecule is CN1C[C@H]2[C@@H](C1)S(=O)(=O)CC[C@H]2C(=O)Nc1ccccc1.O=C(O)C(F)(F)F. The van der Waals surface area contributed by atoms with Crippen molar-refractivity contribution >= 4 is 27.4 Å². The summed E-state index contributed by atoms with van der Waals surface area (Å²) < 4.78 is 56.1. The van der Waals surface area contributed by atoms with Gasteiger partial charge in [-0.05, 0) is 25.6 Å². The smallest absolute Gasteiger partial charge is 0.475 e. The second-order valence-corrected chi connectivity index (χ2v) is 9.18. The number of carbonyl (C=O) groups excluding carboxylic acids is 1. The Morgan fingerprint density at radius 1 is 1.18 bits per heavy atom. The molecule has 2 aliphatic rings. The van der Waals surface area contributed by atoms with Gasteiger partial charge < -0.3 is 15.3 Å². The van der Waals surface area contributed by atoms with Gasteiger partial charge in [0.1, 0.15) is 0 Å². The highest BCUT2D eigenvalue weighted by atomic mass is 32.2. The standard InChI is InChI=1S/C15H20N2O3S.C2HF3O2/c1-17-9-13-12(7-8-21(19,20)14(13)10-17)15(18)16-11-5-3-2-4-6-11;3-2(4,5)1(6)7/h2-6,12-14H,7-10H2,1H3,(H,16,18);(H,6,7)/t12-,13-,14-;/m1./s1. The maximum absolute atomic E-state index is 12.5. The van der Waals surface area contributed by atoms with Gasteiger partial charge in [-0.2, -0.15) is 13.2 Å². The number of hydrogen-bond donors (Lipinski definition) is 2. The number of para-hydroxylation sites is 1. The molecule has 3 atom stereocenters. The van der Waals surface area contributed by atoms with Gasteiger partial charge in [0.25, 0.3) is 0 Å². The Morgan fingerprint density at radius 3 is 2.29 bits per heavy atom. The van der Waals surface area contributed by atoms with E-state index in [9.17, 15) is 26.4 Å². The van der Waals surface area contributed by atoms with Crippen molar-refractivity contribution in [3.8, 4) is 0 Å². The van der Waals surface area contributed by atoms with Crippen LogP contribution in [0, 0.1) is 11.8 Å². The zero-order chi connectivity index (χ0) is 21.1. The molecule has 11 heteroatoms. The van der Waals surface area contributed by atoms with Crippen molar-refractivity contribution in [2.75, 3.05) is 31.2 Å². The number of nitrogens with zero attached hydrogens (tertiary/aromatic N) is 1. The fraction of sp³-hybridized carbons (Fsp3) is 0.529. The van der Waals surface area contributed by atoms with Gasteiger partial charge >= 0.3 is 12.1 Å². The first-order chi connectivity index (χ1) is 12.9. The molecule has 28 heavy (non-hydrogen) atoms. The van der Waals surface area contributed by atoms with Gasteiger partial charge in [-0.1, -0.05) is 18.2 Å². The molecule has 0 saturated carbocycles. The Labute approximate surface area is 160 Å². The zero-order valence-electron chi connectivity index (χ0n) is 15.0. The molecule has 1 amide bonds. The van der Waals surface area contributed by atoms with Gasteiger partial charge in [0.05, 0.1) is 11.0 Å². The lowest BCUT2D eigenvalue weighted by atomic mass is 9.87. The number of benzene rings is 1. The first-order valence-corrected chi connectivity index (χ1v) is 10.2. The molecule has 156 valence electrons. The van der Waals surface area contributed by atoms with E-state index in [-0.39, 0.29) is 28.7 Å². The van der Waals surface area contributed by atoms with E-state index in [1.54, 1.807) is 0 Å². The first kappa shape index (κ1) is 22.2. The summed E-state index contributed by atoms with van der Waals surface area (Å²) in [6, 6.07) is 9.32. The van der Waals surface area contributed by atoms with Crippen LogP contribution in [0.4, 0.5) is 18.9 Å². The Hall–Kier alpha value is -2.14. The lowest BCUT2D eigenvalue weighted by molar-refractivity contribution is -0.192. The molecule has 2 heterocycles. The molecule has 0 spiro atoms. The fourth-order valence-corrected chi connectivity index (χ4v) is 5.67. The number of carboxylic acid groups (broad SMARTS) is 1. The Kier molecular flexibility index (Phi) is 6.71. The summed E-state index contributed by atoms with van der Waals surface area (Å²) in [5.74, 6) is -3.00. The second-order valence-electron chi connectivity index (χ2n) is 6.84. The largest absolute Gasteiger partial charge is 0.490 e. The van der Waals surface area contributed by atoms with Crippen molar-refractivity contribution in [3.63, 3.8) is 0 Å². The molecule has 3 rings (SSSR count). The van der Waals surface area contributed by atoms with Crippen LogP contribution in [-0.2, 0) is 19.4 Å². The van der Waals surface area contributed by atoms with Crippen molar-refractivity contribution in [2.24, 2.45) is 11.8 Å². The van der Waals surface area contributed by atoms with E-state index in [0.717, 1.165) is 5.69 Å². The summed E-state index contributed by atoms with van der Waals surface area (Å²) in [6.07, 6.45) is -4.66. The molecule has 0 aliphatic carbocycles. The van der Waals surface area contributed by atoms with Gasteiger partial charge in [-0.15, -0.1) is 0 Å². The van der Waals surface area contributed by atoms with Crippen molar-refractivity contribution < 1.29 is 36.3 Å². The Bertz CT molecular complexity index is 814. The average molecular weight is 422 g/mol. The monoisotopic (exact) mass is 422 g/mol. The van der Waals surface area contributed by atoms with Gasteiger partial charge in [0.2, 0.25) is 5.91 Å². The highest BCUT2D eigenvalue weighted by Gasteiger charge is 2.49. The number of nitrogens with one attached hydrogen (secondary N) is 1. The number of halogens is 3. The van der Waals surface area contributed by atoms with Crippen LogP contribution < -0.4 is 5.32 Å². The Balaban J connectivity index is 0.000000345. The predicted octanol–water partition coefficient (Wildman–Crippen LogP) is 1.62. The van der Waals surface area contributed by atoms with Crippen molar-refractivity contribution in [3.05, 3.63) is 30.3 Å². The Morgan fingerprint density at radius 2 is 1.75 bits per heavy atom. The molecule has 2 N–H and O–H groups in total. The van der Waals surface area contributed by atoms with Crippen LogP contribution in [-0.4, -0.2) is 67.6 Å².